The number of benzene rings is 2. The molecule has 1 heterocycles. The minimum absolute atomic E-state index is 0.206. The predicted molar refractivity (Wildman–Crippen MR) is 88.7 cm³/mol. The number of aromatic hydroxyl groups is 2. The van der Waals surface area contributed by atoms with Crippen molar-refractivity contribution in [3.8, 4) is 17.2 Å². The SMILES string of the molecule is Cc1n(/N=C/c2ccc(O)c(O)c2)c(=O)n(-c2ccccc2)[n+]1C. The van der Waals surface area contributed by atoms with E-state index in [2.05, 4.69) is 5.10 Å². The topological polar surface area (TPSA) is 83.6 Å². The maximum absolute atomic E-state index is 12.7. The maximum Gasteiger partial charge on any atom is 0.477 e. The lowest BCUT2D eigenvalue weighted by Gasteiger charge is -1.98. The summed E-state index contributed by atoms with van der Waals surface area (Å²) in [6.07, 6.45) is 1.45. The molecule has 0 spiro atoms. The maximum atomic E-state index is 12.7. The second-order valence-corrected chi connectivity index (χ2v) is 5.31. The van der Waals surface area contributed by atoms with Crippen LogP contribution < -0.4 is 10.4 Å². The Morgan fingerprint density at radius 2 is 1.79 bits per heavy atom. The average Bonchev–Trinajstić information content (AvgIpc) is 2.79. The molecule has 0 unspecified atom stereocenters. The molecule has 2 aromatic carbocycles. The monoisotopic (exact) mass is 325 g/mol. The first kappa shape index (κ1) is 15.5. The third-order valence-corrected chi connectivity index (χ3v) is 3.76. The molecule has 7 heteroatoms. The molecule has 0 saturated heterocycles. The van der Waals surface area contributed by atoms with Crippen LogP contribution in [0.5, 0.6) is 11.5 Å². The normalized spacial score (nSPS) is 11.2. The van der Waals surface area contributed by atoms with Crippen molar-refractivity contribution < 1.29 is 14.9 Å². The minimum atomic E-state index is -0.305. The summed E-state index contributed by atoms with van der Waals surface area (Å²) in [4.78, 5) is 12.7. The third kappa shape index (κ3) is 2.67. The summed E-state index contributed by atoms with van der Waals surface area (Å²) in [5, 5.41) is 23.0. The summed E-state index contributed by atoms with van der Waals surface area (Å²) < 4.78 is 4.50. The van der Waals surface area contributed by atoms with Gasteiger partial charge in [-0.3, -0.25) is 0 Å². The molecule has 0 radical (unpaired) electrons. The zero-order valence-electron chi connectivity index (χ0n) is 13.3. The first-order valence-corrected chi connectivity index (χ1v) is 7.31. The molecule has 0 amide bonds. The molecule has 1 aromatic heterocycles. The molecule has 0 aliphatic heterocycles. The number of aromatic nitrogens is 3. The minimum Gasteiger partial charge on any atom is -0.504 e. The van der Waals surface area contributed by atoms with Crippen LogP contribution in [0, 0.1) is 6.92 Å². The molecular weight excluding hydrogens is 308 g/mol. The molecule has 7 nitrogen and oxygen atoms in total. The summed E-state index contributed by atoms with van der Waals surface area (Å²) in [6.45, 7) is 1.78. The van der Waals surface area contributed by atoms with Crippen molar-refractivity contribution in [3.63, 3.8) is 0 Å². The molecule has 0 fully saturated rings. The van der Waals surface area contributed by atoms with Crippen LogP contribution >= 0.6 is 0 Å². The number of para-hydroxylation sites is 1. The number of hydrogen-bond donors (Lipinski definition) is 2. The van der Waals surface area contributed by atoms with E-state index in [1.165, 1.54) is 27.7 Å². The van der Waals surface area contributed by atoms with Gasteiger partial charge < -0.3 is 10.2 Å². The van der Waals surface area contributed by atoms with E-state index in [4.69, 9.17) is 0 Å². The van der Waals surface area contributed by atoms with E-state index in [9.17, 15) is 15.0 Å². The van der Waals surface area contributed by atoms with Crippen molar-refractivity contribution in [2.45, 2.75) is 6.92 Å². The van der Waals surface area contributed by atoms with Crippen molar-refractivity contribution in [1.82, 2.24) is 9.36 Å². The van der Waals surface area contributed by atoms with Crippen LogP contribution in [0.15, 0.2) is 58.4 Å². The highest BCUT2D eigenvalue weighted by Crippen LogP contribution is 2.23. The first-order valence-electron chi connectivity index (χ1n) is 7.31. The van der Waals surface area contributed by atoms with Gasteiger partial charge in [-0.15, -0.1) is 4.68 Å². The lowest BCUT2D eigenvalue weighted by Crippen LogP contribution is -2.43. The summed E-state index contributed by atoms with van der Waals surface area (Å²) in [7, 11) is 1.78. The smallest absolute Gasteiger partial charge is 0.477 e. The summed E-state index contributed by atoms with van der Waals surface area (Å²) in [5.74, 6) is 0.195. The van der Waals surface area contributed by atoms with Gasteiger partial charge in [0.1, 0.15) is 7.05 Å². The highest BCUT2D eigenvalue weighted by molar-refractivity contribution is 5.80. The van der Waals surface area contributed by atoms with Gasteiger partial charge in [0.05, 0.1) is 11.9 Å². The number of hydrogen-bond acceptors (Lipinski definition) is 4. The fourth-order valence-corrected chi connectivity index (χ4v) is 2.37. The van der Waals surface area contributed by atoms with Gasteiger partial charge in [0.15, 0.2) is 11.5 Å². The van der Waals surface area contributed by atoms with Crippen molar-refractivity contribution in [2.24, 2.45) is 12.1 Å². The van der Waals surface area contributed by atoms with Gasteiger partial charge in [0.25, 0.3) is 0 Å². The molecule has 3 aromatic rings. The summed E-state index contributed by atoms with van der Waals surface area (Å²) >= 11 is 0. The van der Waals surface area contributed by atoms with E-state index in [1.807, 2.05) is 30.3 Å². The van der Waals surface area contributed by atoms with Crippen molar-refractivity contribution in [1.29, 1.82) is 0 Å². The molecule has 0 aliphatic carbocycles. The van der Waals surface area contributed by atoms with Crippen LogP contribution in [-0.2, 0) is 7.05 Å². The summed E-state index contributed by atoms with van der Waals surface area (Å²) in [6, 6.07) is 13.6. The van der Waals surface area contributed by atoms with Crippen LogP contribution in [0.25, 0.3) is 5.69 Å². The van der Waals surface area contributed by atoms with Crippen molar-refractivity contribution >= 4 is 6.21 Å². The standard InChI is InChI=1S/C17H16N4O3/c1-12-19(2)21(14-6-4-3-5-7-14)17(24)20(12)18-11-13-8-9-15(22)16(23)10-13/h3-11H,1-2H3,(H-,18,22,23)/p+1. The van der Waals surface area contributed by atoms with E-state index in [0.29, 0.717) is 11.4 Å². The first-order chi connectivity index (χ1) is 11.5. The molecule has 0 bridgehead atoms. The quantitative estimate of drug-likeness (QED) is 0.429. The van der Waals surface area contributed by atoms with E-state index in [1.54, 1.807) is 24.7 Å². The lowest BCUT2D eigenvalue weighted by molar-refractivity contribution is -0.752. The zero-order chi connectivity index (χ0) is 17.3. The number of rotatable bonds is 3. The third-order valence-electron chi connectivity index (χ3n) is 3.76. The second kappa shape index (κ2) is 6.04. The van der Waals surface area contributed by atoms with E-state index in [0.717, 1.165) is 5.69 Å². The van der Waals surface area contributed by atoms with Crippen LogP contribution in [-0.4, -0.2) is 25.8 Å². The van der Waals surface area contributed by atoms with Crippen LogP contribution in [0.3, 0.4) is 0 Å². The molecule has 24 heavy (non-hydrogen) atoms. The molecular formula is C17H17N4O3+. The van der Waals surface area contributed by atoms with Crippen LogP contribution in [0.1, 0.15) is 11.4 Å². The Bertz CT molecular complexity index is 971. The Labute approximate surface area is 138 Å². The van der Waals surface area contributed by atoms with Gasteiger partial charge in [-0.2, -0.15) is 4.68 Å². The van der Waals surface area contributed by atoms with Gasteiger partial charge in [0.2, 0.25) is 0 Å². The highest BCUT2D eigenvalue weighted by Gasteiger charge is 2.22. The number of nitrogens with zero attached hydrogens (tertiary/aromatic N) is 4. The highest BCUT2D eigenvalue weighted by atomic mass is 16.3. The number of phenolic OH excluding ortho intramolecular Hbond substituents is 2. The lowest BCUT2D eigenvalue weighted by atomic mass is 10.2. The molecule has 3 rings (SSSR count). The van der Waals surface area contributed by atoms with Gasteiger partial charge in [-0.05, 0) is 35.0 Å². The van der Waals surface area contributed by atoms with Gasteiger partial charge in [0, 0.05) is 12.5 Å². The largest absolute Gasteiger partial charge is 0.504 e. The Hall–Kier alpha value is -3.35. The van der Waals surface area contributed by atoms with E-state index < -0.39 is 0 Å². The Kier molecular flexibility index (Phi) is 3.91. The Morgan fingerprint density at radius 1 is 1.08 bits per heavy atom. The fourth-order valence-electron chi connectivity index (χ4n) is 2.37. The molecule has 0 atom stereocenters. The Balaban J connectivity index is 2.05. The van der Waals surface area contributed by atoms with Gasteiger partial charge in [-0.1, -0.05) is 23.3 Å². The fraction of sp³-hybridized carbons (Fsp3) is 0.118. The van der Waals surface area contributed by atoms with Crippen LogP contribution in [0.2, 0.25) is 0 Å². The van der Waals surface area contributed by atoms with Gasteiger partial charge >= 0.3 is 11.5 Å². The second-order valence-electron chi connectivity index (χ2n) is 5.31. The average molecular weight is 325 g/mol. The van der Waals surface area contributed by atoms with Crippen molar-refractivity contribution in [2.75, 3.05) is 0 Å². The van der Waals surface area contributed by atoms with E-state index >= 15 is 0 Å². The molecule has 0 aliphatic rings. The predicted octanol–water partition coefficient (Wildman–Crippen LogP) is 1.07. The zero-order valence-corrected chi connectivity index (χ0v) is 13.3. The summed E-state index contributed by atoms with van der Waals surface area (Å²) in [5.41, 5.74) is 0.997. The van der Waals surface area contributed by atoms with Crippen LogP contribution in [0.4, 0.5) is 0 Å². The molecule has 122 valence electrons. The van der Waals surface area contributed by atoms with Crippen molar-refractivity contribution in [3.05, 3.63) is 70.4 Å². The van der Waals surface area contributed by atoms with Gasteiger partial charge in [-0.25, -0.2) is 4.79 Å². The molecule has 2 N–H and O–H groups in total. The number of phenols is 2. The Morgan fingerprint density at radius 3 is 2.46 bits per heavy atom. The van der Waals surface area contributed by atoms with E-state index in [-0.39, 0.29) is 17.2 Å². The molecule has 0 saturated carbocycles.